The fraction of sp³-hybridized carbons (Fsp3) is 0.686. The highest BCUT2D eigenvalue weighted by molar-refractivity contribution is 6.01. The van der Waals surface area contributed by atoms with Gasteiger partial charge in [-0.2, -0.15) is 0 Å². The number of cyclic esters (lactones) is 2. The van der Waals surface area contributed by atoms with Crippen LogP contribution in [0.3, 0.4) is 0 Å². The first-order valence-electron chi connectivity index (χ1n) is 41.2. The lowest BCUT2D eigenvalue weighted by atomic mass is 9.73. The van der Waals surface area contributed by atoms with Crippen molar-refractivity contribution in [3.63, 3.8) is 0 Å². The molecule has 5 saturated heterocycles. The molecule has 0 bridgehead atoms. The number of carbonyl (C=O) groups is 11. The minimum atomic E-state index is -1.52. The molecule has 0 saturated carbocycles. The molecule has 0 radical (unpaired) electrons. The molecule has 32 nitrogen and oxygen atoms in total. The van der Waals surface area contributed by atoms with Crippen LogP contribution in [0.15, 0.2) is 74.1 Å². The van der Waals surface area contributed by atoms with Crippen LogP contribution < -0.4 is 0 Å². The molecular formula is C86H126N10O22. The number of Topliss-reactive ketones (excluding diaryl/α,β-unsaturated/α-hetero) is 4. The van der Waals surface area contributed by atoms with Gasteiger partial charge in [-0.15, -0.1) is 0 Å². The van der Waals surface area contributed by atoms with E-state index >= 15 is 0 Å². The summed E-state index contributed by atoms with van der Waals surface area (Å²) in [4.78, 5) is 177. The quantitative estimate of drug-likeness (QED) is 0.0330. The van der Waals surface area contributed by atoms with Gasteiger partial charge in [-0.3, -0.25) is 43.6 Å². The average molecular weight is 1650 g/mol. The van der Waals surface area contributed by atoms with E-state index in [0.29, 0.717) is 38.8 Å². The van der Waals surface area contributed by atoms with E-state index in [1.807, 2.05) is 45.8 Å². The van der Waals surface area contributed by atoms with Crippen molar-refractivity contribution >= 4 is 65.3 Å². The Morgan fingerprint density at radius 1 is 0.593 bits per heavy atom. The Morgan fingerprint density at radius 2 is 1.00 bits per heavy atom. The number of fused-ring (bicyclic) bond motifs is 2. The number of imidazole rings is 2. The topological polar surface area (TPSA) is 375 Å². The van der Waals surface area contributed by atoms with Crippen LogP contribution in [0, 0.1) is 47.3 Å². The summed E-state index contributed by atoms with van der Waals surface area (Å²) in [6.45, 7) is 33.1. The molecular weight excluding hydrogens is 1520 g/mol. The van der Waals surface area contributed by atoms with Gasteiger partial charge in [-0.1, -0.05) is 55.4 Å². The fourth-order valence-electron chi connectivity index (χ4n) is 17.6. The molecule has 2 unspecified atom stereocenters. The van der Waals surface area contributed by atoms with Gasteiger partial charge >= 0.3 is 42.2 Å². The first-order chi connectivity index (χ1) is 55.2. The highest BCUT2D eigenvalue weighted by atomic mass is 16.6. The van der Waals surface area contributed by atoms with E-state index in [4.69, 9.17) is 47.4 Å². The molecule has 0 aromatic carbocycles. The number of unbranched alkanes of at least 4 members (excludes halogenated alkanes) is 2. The van der Waals surface area contributed by atoms with Gasteiger partial charge in [0, 0.05) is 119 Å². The molecule has 3 amide bonds. The predicted octanol–water partition coefficient (Wildman–Crippen LogP) is 10.4. The van der Waals surface area contributed by atoms with E-state index in [0.717, 1.165) is 22.5 Å². The summed E-state index contributed by atoms with van der Waals surface area (Å²) in [5.41, 5.74) is -4.41. The van der Waals surface area contributed by atoms with E-state index < -0.39 is 184 Å². The lowest BCUT2D eigenvalue weighted by Gasteiger charge is -2.43. The maximum Gasteiger partial charge on any atom is 0.412 e. The van der Waals surface area contributed by atoms with E-state index in [1.54, 1.807) is 170 Å². The Balaban J connectivity index is 0.000000297. The number of ether oxygens (including phenoxy) is 10. The third-order valence-corrected chi connectivity index (χ3v) is 24.1. The standard InChI is InChI=1S/C46H67N5O12.C40H59N5O10/c1-14-34-46(12)37(50(41(56)63-46)21-16-15-20-49-24-32(48-26-49)31-18-17-19-47-23-31)28(3)35(52)27(2)22-45(11,58-13)38(29(4)36(53)30(5)39(54)59-34)60-40(55)33-25-51(44(9,10)61-33)42(57)62-43(6,7)8;1-11-31-40(7)34(45(38(51)55-40)18-13-12-17-44-21-29(42-23-44)28-15-14-16-41-20-28)25(3)32(47)24(2)19-39(6,52-10)35(54-37(50)30(46)22-43(8)9)26(4)33(48)27(5)36(49)53-31/h17-19,23-24,26-30,33-34,37-38H,14-16,20-22,25H2,1-13H3;14-16,20-21,23-27,30-31,34-35,46H,11-13,17-19,22H2,1-10H3/t27-,28+,29+,30-,33?,34-,37-,38-,45+,46-;24-,25+,26+,27-,30?,31-,34-,35-,39+,40-/m11/s1. The van der Waals surface area contributed by atoms with Gasteiger partial charge in [0.25, 0.3) is 0 Å². The van der Waals surface area contributed by atoms with Gasteiger partial charge in [-0.05, 0) is 166 Å². The van der Waals surface area contributed by atoms with Gasteiger partial charge < -0.3 is 76.3 Å². The largest absolute Gasteiger partial charge is 0.458 e. The molecule has 118 heavy (non-hydrogen) atoms. The lowest BCUT2D eigenvalue weighted by Crippen LogP contribution is -2.59. The summed E-state index contributed by atoms with van der Waals surface area (Å²) in [5, 5.41) is 10.6. The Bertz CT molecular complexity index is 4190. The third kappa shape index (κ3) is 21.4. The summed E-state index contributed by atoms with van der Waals surface area (Å²) in [6, 6.07) is 5.90. The maximum absolute atomic E-state index is 14.7. The van der Waals surface area contributed by atoms with Crippen LogP contribution in [-0.2, 0) is 98.8 Å². The second kappa shape index (κ2) is 39.0. The molecule has 4 aromatic heterocycles. The van der Waals surface area contributed by atoms with Crippen LogP contribution in [0.25, 0.3) is 22.5 Å². The number of pyridine rings is 2. The molecule has 0 aliphatic carbocycles. The molecule has 5 aliphatic rings. The number of aliphatic hydroxyl groups is 1. The van der Waals surface area contributed by atoms with Gasteiger partial charge in [0.2, 0.25) is 0 Å². The van der Waals surface area contributed by atoms with Gasteiger partial charge in [0.1, 0.15) is 70.3 Å². The lowest BCUT2D eigenvalue weighted by molar-refractivity contribution is -0.193. The predicted molar refractivity (Wildman–Crippen MR) is 430 cm³/mol. The number of ketones is 4. The first kappa shape index (κ1) is 94.4. The second-order valence-corrected chi connectivity index (χ2v) is 35.0. The van der Waals surface area contributed by atoms with Crippen molar-refractivity contribution in [2.24, 2.45) is 47.3 Å². The number of methoxy groups -OCH3 is 2. The van der Waals surface area contributed by atoms with Crippen molar-refractivity contribution in [1.29, 1.82) is 0 Å². The number of aliphatic hydroxyl groups excluding tert-OH is 1. The second-order valence-electron chi connectivity index (χ2n) is 35.0. The normalized spacial score (nSPS) is 31.6. The minimum absolute atomic E-state index is 0.0104. The van der Waals surface area contributed by atoms with Crippen LogP contribution >= 0.6 is 0 Å². The summed E-state index contributed by atoms with van der Waals surface area (Å²) in [5.74, 6) is -13.1. The van der Waals surface area contributed by atoms with Crippen LogP contribution in [-0.4, -0.2) is 256 Å². The molecule has 9 rings (SSSR count). The van der Waals surface area contributed by atoms with E-state index in [-0.39, 0.29) is 63.4 Å². The highest BCUT2D eigenvalue weighted by Gasteiger charge is 2.63. The molecule has 20 atom stereocenters. The van der Waals surface area contributed by atoms with Crippen LogP contribution in [0.1, 0.15) is 183 Å². The molecule has 9 heterocycles. The van der Waals surface area contributed by atoms with Crippen molar-refractivity contribution < 1.29 is 105 Å². The Morgan fingerprint density at radius 3 is 1.37 bits per heavy atom. The number of esters is 4. The maximum atomic E-state index is 14.7. The highest BCUT2D eigenvalue weighted by Crippen LogP contribution is 2.46. The van der Waals surface area contributed by atoms with Crippen LogP contribution in [0.5, 0.6) is 0 Å². The fourth-order valence-corrected chi connectivity index (χ4v) is 17.6. The number of aryl methyl sites for hydroxylation is 2. The third-order valence-electron chi connectivity index (χ3n) is 24.1. The number of carbonyl (C=O) groups excluding carboxylic acids is 11. The SMILES string of the molecule is CC[C@H]1OC(=O)[C@H](C)C(=O)[C@H](C)[C@@H](OC(=O)C(O)CN(C)C)[C@@](C)(OC)C[C@@H](C)C(=O)[C@H](C)[C@H]2N(CCCCn3cnc(-c4cccnc4)c3)C(=O)O[C@]12C.CC[C@H]1OC(=O)[C@H](C)C(=O)[C@H](C)[C@@H](OC(=O)C2CN(C(=O)OC(C)(C)C)C(C)(C)O2)[C@@](C)(OC)C[C@@H](C)C(=O)[C@H](C)[C@H]2N(CCCCn3cnc(-c4cccnc4)c3)C(=O)O[C@]12C. The first-order valence-corrected chi connectivity index (χ1v) is 41.2. The van der Waals surface area contributed by atoms with Crippen molar-refractivity contribution in [1.82, 2.24) is 48.7 Å². The van der Waals surface area contributed by atoms with Crippen molar-refractivity contribution in [2.75, 3.05) is 54.5 Å². The summed E-state index contributed by atoms with van der Waals surface area (Å²) < 4.78 is 64.0. The number of amides is 3. The zero-order valence-electron chi connectivity index (χ0n) is 73.1. The number of likely N-dealkylation sites (N-methyl/N-ethyl adjacent to an activating group) is 1. The van der Waals surface area contributed by atoms with Crippen molar-refractivity contribution in [3.05, 3.63) is 74.1 Å². The minimum Gasteiger partial charge on any atom is -0.458 e. The van der Waals surface area contributed by atoms with E-state index in [2.05, 4.69) is 19.9 Å². The molecule has 1 N–H and O–H groups in total. The van der Waals surface area contributed by atoms with E-state index in [1.165, 1.54) is 46.8 Å². The van der Waals surface area contributed by atoms with Crippen LogP contribution in [0.4, 0.5) is 14.4 Å². The summed E-state index contributed by atoms with van der Waals surface area (Å²) in [6.07, 6.45) is 7.90. The smallest absolute Gasteiger partial charge is 0.412 e. The van der Waals surface area contributed by atoms with Gasteiger partial charge in [-0.25, -0.2) is 33.9 Å². The number of aromatic nitrogens is 6. The van der Waals surface area contributed by atoms with Gasteiger partial charge in [0.15, 0.2) is 35.0 Å². The molecule has 5 fully saturated rings. The molecule has 0 spiro atoms. The Labute approximate surface area is 693 Å². The number of rotatable bonds is 22. The van der Waals surface area contributed by atoms with Crippen LogP contribution in [0.2, 0.25) is 0 Å². The number of hydrogen-bond acceptors (Lipinski definition) is 27. The average Bonchev–Trinajstić information content (AvgIpc) is 1.58. The monoisotopic (exact) mass is 1650 g/mol. The van der Waals surface area contributed by atoms with Crippen molar-refractivity contribution in [3.8, 4) is 22.5 Å². The van der Waals surface area contributed by atoms with Crippen molar-refractivity contribution in [2.45, 2.75) is 278 Å². The molecule has 652 valence electrons. The summed E-state index contributed by atoms with van der Waals surface area (Å²) in [7, 11) is 6.17. The Hall–Kier alpha value is -9.11. The summed E-state index contributed by atoms with van der Waals surface area (Å²) >= 11 is 0. The number of hydrogen-bond donors (Lipinski definition) is 1. The zero-order chi connectivity index (χ0) is 87.6. The van der Waals surface area contributed by atoms with E-state index in [9.17, 15) is 57.8 Å². The molecule has 4 aromatic rings. The molecule has 5 aliphatic heterocycles. The molecule has 32 heteroatoms. The Kier molecular flexibility index (Phi) is 31.2. The van der Waals surface area contributed by atoms with Gasteiger partial charge in [0.05, 0.1) is 54.5 Å². The zero-order valence-corrected chi connectivity index (χ0v) is 73.1. The number of nitrogens with zero attached hydrogens (tertiary/aromatic N) is 10.